The molecule has 0 bridgehead atoms. The molecule has 0 saturated carbocycles. The molecule has 18 heavy (non-hydrogen) atoms. The van der Waals surface area contributed by atoms with Crippen LogP contribution in [-0.4, -0.2) is 25.6 Å². The van der Waals surface area contributed by atoms with Crippen LogP contribution >= 0.6 is 23.2 Å². The van der Waals surface area contributed by atoms with E-state index >= 15 is 0 Å². The van der Waals surface area contributed by atoms with Crippen molar-refractivity contribution in [3.05, 3.63) is 39.2 Å². The molecule has 0 aromatic heterocycles. The fraction of sp³-hybridized carbons (Fsp3) is 0.182. The zero-order chi connectivity index (χ0) is 13.9. The van der Waals surface area contributed by atoms with Gasteiger partial charge in [-0.2, -0.15) is 0 Å². The summed E-state index contributed by atoms with van der Waals surface area (Å²) in [6.07, 6.45) is 1.40. The first-order valence-corrected chi connectivity index (χ1v) is 7.17. The predicted molar refractivity (Wildman–Crippen MR) is 75.6 cm³/mol. The average Bonchev–Trinajstić information content (AvgIpc) is 2.29. The molecule has 0 radical (unpaired) electrons. The van der Waals surface area contributed by atoms with Gasteiger partial charge in [0.05, 0.1) is 15.5 Å². The highest BCUT2D eigenvalue weighted by Crippen LogP contribution is 2.23. The molecule has 0 atom stereocenters. The molecule has 1 rings (SSSR count). The van der Waals surface area contributed by atoms with Crippen LogP contribution in [0.1, 0.15) is 12.5 Å². The van der Waals surface area contributed by atoms with Crippen LogP contribution in [0.25, 0.3) is 6.08 Å². The lowest BCUT2D eigenvalue weighted by Gasteiger charge is -2.14. The topological polar surface area (TPSA) is 61.2 Å². The van der Waals surface area contributed by atoms with Gasteiger partial charge in [0.2, 0.25) is 0 Å². The normalized spacial score (nSPS) is 11.8. The summed E-state index contributed by atoms with van der Waals surface area (Å²) in [6.45, 7) is 1.39. The number of rotatable bonds is 3. The van der Waals surface area contributed by atoms with E-state index in [9.17, 15) is 8.42 Å². The highest BCUT2D eigenvalue weighted by molar-refractivity contribution is 7.92. The monoisotopic (exact) mass is 306 g/mol. The molecule has 0 aliphatic heterocycles. The number of nitrogens with one attached hydrogen (secondary N) is 1. The lowest BCUT2D eigenvalue weighted by Crippen LogP contribution is -2.28. The van der Waals surface area contributed by atoms with E-state index in [1.807, 2.05) is 0 Å². The van der Waals surface area contributed by atoms with Crippen molar-refractivity contribution in [1.29, 1.82) is 5.41 Å². The van der Waals surface area contributed by atoms with Crippen LogP contribution in [0.3, 0.4) is 0 Å². The van der Waals surface area contributed by atoms with Gasteiger partial charge >= 0.3 is 0 Å². The number of nitrogens with zero attached hydrogens (tertiary/aromatic N) is 1. The first kappa shape index (κ1) is 15.0. The predicted octanol–water partition coefficient (Wildman–Crippen LogP) is 3.22. The van der Waals surface area contributed by atoms with Gasteiger partial charge < -0.3 is 0 Å². The molecule has 0 amide bonds. The fourth-order valence-electron chi connectivity index (χ4n) is 1.06. The Morgan fingerprint density at radius 2 is 1.94 bits per heavy atom. The van der Waals surface area contributed by atoms with E-state index in [-0.39, 0.29) is 5.84 Å². The number of amidine groups is 1. The van der Waals surface area contributed by atoms with Crippen molar-refractivity contribution in [3.8, 4) is 0 Å². The zero-order valence-electron chi connectivity index (χ0n) is 9.81. The maximum absolute atomic E-state index is 11.7. The molecule has 98 valence electrons. The molecule has 0 spiro atoms. The maximum Gasteiger partial charge on any atom is 0.258 e. The van der Waals surface area contributed by atoms with E-state index in [2.05, 4.69) is 0 Å². The van der Waals surface area contributed by atoms with Crippen molar-refractivity contribution in [3.63, 3.8) is 0 Å². The van der Waals surface area contributed by atoms with E-state index in [1.54, 1.807) is 18.2 Å². The van der Waals surface area contributed by atoms with E-state index in [0.29, 0.717) is 15.6 Å². The first-order valence-electron chi connectivity index (χ1n) is 4.91. The number of halogens is 2. The van der Waals surface area contributed by atoms with Gasteiger partial charge in [-0.15, -0.1) is 0 Å². The van der Waals surface area contributed by atoms with E-state index in [0.717, 1.165) is 9.71 Å². The highest BCUT2D eigenvalue weighted by atomic mass is 35.5. The highest BCUT2D eigenvalue weighted by Gasteiger charge is 2.14. The second-order valence-corrected chi connectivity index (χ2v) is 6.24. The SMILES string of the molecule is CC(=N)N(C)S(=O)(=O)C=Cc1ccc(Cl)c(Cl)c1. The van der Waals surface area contributed by atoms with Crippen molar-refractivity contribution in [2.24, 2.45) is 0 Å². The molecule has 0 heterocycles. The van der Waals surface area contributed by atoms with Gasteiger partial charge in [-0.1, -0.05) is 29.3 Å². The Bertz CT molecular complexity index is 597. The standard InChI is InChI=1S/C11H12Cl2N2O2S/c1-8(14)15(2)18(16,17)6-5-9-3-4-10(12)11(13)7-9/h3-7,14H,1-2H3. The van der Waals surface area contributed by atoms with E-state index in [1.165, 1.54) is 20.0 Å². The molecule has 0 fully saturated rings. The molecule has 1 aromatic carbocycles. The van der Waals surface area contributed by atoms with Crippen molar-refractivity contribution < 1.29 is 8.42 Å². The summed E-state index contributed by atoms with van der Waals surface area (Å²) in [5.41, 5.74) is 0.615. The summed E-state index contributed by atoms with van der Waals surface area (Å²) < 4.78 is 24.3. The Morgan fingerprint density at radius 3 is 2.44 bits per heavy atom. The summed E-state index contributed by atoms with van der Waals surface area (Å²) in [7, 11) is -2.31. The van der Waals surface area contributed by atoms with Crippen LogP contribution in [-0.2, 0) is 10.0 Å². The van der Waals surface area contributed by atoms with E-state index in [4.69, 9.17) is 28.6 Å². The Balaban J connectivity index is 3.00. The maximum atomic E-state index is 11.7. The van der Waals surface area contributed by atoms with E-state index < -0.39 is 10.0 Å². The lowest BCUT2D eigenvalue weighted by atomic mass is 10.2. The van der Waals surface area contributed by atoms with Crippen LogP contribution < -0.4 is 0 Å². The average molecular weight is 307 g/mol. The molecular formula is C11H12Cl2N2O2S. The first-order chi connectivity index (χ1) is 8.24. The summed E-state index contributed by atoms with van der Waals surface area (Å²) in [5, 5.41) is 9.06. The molecular weight excluding hydrogens is 295 g/mol. The Hall–Kier alpha value is -1.04. The number of benzene rings is 1. The smallest absolute Gasteiger partial charge is 0.258 e. The fourth-order valence-corrected chi connectivity index (χ4v) is 2.26. The summed E-state index contributed by atoms with van der Waals surface area (Å²) in [6, 6.07) is 4.80. The minimum absolute atomic E-state index is 0.0613. The van der Waals surface area contributed by atoms with Gasteiger partial charge in [0.1, 0.15) is 5.84 Å². The summed E-state index contributed by atoms with van der Waals surface area (Å²) in [5.74, 6) is -0.0613. The van der Waals surface area contributed by atoms with Gasteiger partial charge in [-0.3, -0.25) is 9.71 Å². The van der Waals surface area contributed by atoms with Crippen molar-refractivity contribution >= 4 is 45.1 Å². The van der Waals surface area contributed by atoms with Crippen LogP contribution in [0.15, 0.2) is 23.6 Å². The van der Waals surface area contributed by atoms with Crippen LogP contribution in [0.2, 0.25) is 10.0 Å². The van der Waals surface area contributed by atoms with Crippen LogP contribution in [0.5, 0.6) is 0 Å². The molecule has 0 saturated heterocycles. The Kier molecular flexibility index (Phi) is 4.78. The minimum Gasteiger partial charge on any atom is -0.288 e. The summed E-state index contributed by atoms with van der Waals surface area (Å²) >= 11 is 11.6. The molecule has 1 aromatic rings. The van der Waals surface area contributed by atoms with Crippen molar-refractivity contribution in [1.82, 2.24) is 4.31 Å². The molecule has 0 unspecified atom stereocenters. The summed E-state index contributed by atoms with van der Waals surface area (Å²) in [4.78, 5) is 0. The minimum atomic E-state index is -3.63. The van der Waals surface area contributed by atoms with Gasteiger partial charge in [0, 0.05) is 7.05 Å². The lowest BCUT2D eigenvalue weighted by molar-refractivity contribution is 0.561. The third kappa shape index (κ3) is 3.73. The van der Waals surface area contributed by atoms with Gasteiger partial charge in [0.15, 0.2) is 0 Å². The third-order valence-electron chi connectivity index (χ3n) is 2.23. The molecule has 4 nitrogen and oxygen atoms in total. The molecule has 0 aliphatic rings. The number of hydrogen-bond acceptors (Lipinski definition) is 3. The second kappa shape index (κ2) is 5.73. The van der Waals surface area contributed by atoms with Crippen molar-refractivity contribution in [2.75, 3.05) is 7.05 Å². The molecule has 7 heteroatoms. The third-order valence-corrected chi connectivity index (χ3v) is 4.49. The van der Waals surface area contributed by atoms with Gasteiger partial charge in [-0.05, 0) is 30.7 Å². The van der Waals surface area contributed by atoms with Gasteiger partial charge in [-0.25, -0.2) is 8.42 Å². The Labute approximate surface area is 116 Å². The molecule has 0 aliphatic carbocycles. The second-order valence-electron chi connectivity index (χ2n) is 3.57. The number of sulfonamides is 1. The zero-order valence-corrected chi connectivity index (χ0v) is 12.1. The Morgan fingerprint density at radius 1 is 1.33 bits per heavy atom. The van der Waals surface area contributed by atoms with Crippen LogP contribution in [0.4, 0.5) is 0 Å². The van der Waals surface area contributed by atoms with Crippen molar-refractivity contribution in [2.45, 2.75) is 6.92 Å². The van der Waals surface area contributed by atoms with Gasteiger partial charge in [0.25, 0.3) is 10.0 Å². The quantitative estimate of drug-likeness (QED) is 0.688. The number of hydrogen-bond donors (Lipinski definition) is 1. The largest absolute Gasteiger partial charge is 0.288 e. The molecule has 1 N–H and O–H groups in total. The van der Waals surface area contributed by atoms with Crippen LogP contribution in [0, 0.1) is 5.41 Å².